The molecule has 6 heteroatoms. The zero-order valence-corrected chi connectivity index (χ0v) is 15.9. The number of fused-ring (bicyclic) bond motifs is 1. The zero-order chi connectivity index (χ0) is 19.9. The van der Waals surface area contributed by atoms with Gasteiger partial charge in [0, 0.05) is 23.9 Å². The molecular weight excluding hydrogens is 360 g/mol. The summed E-state index contributed by atoms with van der Waals surface area (Å²) in [6.07, 6.45) is 0.737. The average Bonchev–Trinajstić information content (AvgIpc) is 2.66. The van der Waals surface area contributed by atoms with Gasteiger partial charge in [-0.25, -0.2) is 4.79 Å². The van der Waals surface area contributed by atoms with Crippen molar-refractivity contribution >= 4 is 16.9 Å². The Kier molecular flexibility index (Phi) is 6.32. The van der Waals surface area contributed by atoms with E-state index in [-0.39, 0.29) is 12.4 Å². The predicted molar refractivity (Wildman–Crippen MR) is 105 cm³/mol. The van der Waals surface area contributed by atoms with E-state index < -0.39 is 5.63 Å². The van der Waals surface area contributed by atoms with E-state index in [0.717, 1.165) is 22.4 Å². The SMILES string of the molecule is CCOc1ccc(OCCCC(=O)Oc2ccc3c(C)cc(=O)oc3c2)cc1. The fourth-order valence-electron chi connectivity index (χ4n) is 2.76. The third kappa shape index (κ3) is 5.13. The Balaban J connectivity index is 1.48. The maximum absolute atomic E-state index is 12.0. The highest BCUT2D eigenvalue weighted by molar-refractivity contribution is 5.82. The van der Waals surface area contributed by atoms with Crippen molar-refractivity contribution in [1.29, 1.82) is 0 Å². The molecule has 3 rings (SSSR count). The van der Waals surface area contributed by atoms with Crippen molar-refractivity contribution in [3.8, 4) is 17.2 Å². The lowest BCUT2D eigenvalue weighted by atomic mass is 10.1. The summed E-state index contributed by atoms with van der Waals surface area (Å²) in [5.41, 5.74) is 0.782. The van der Waals surface area contributed by atoms with E-state index in [4.69, 9.17) is 18.6 Å². The van der Waals surface area contributed by atoms with E-state index in [1.807, 2.05) is 38.1 Å². The predicted octanol–water partition coefficient (Wildman–Crippen LogP) is 4.26. The normalized spacial score (nSPS) is 10.6. The topological polar surface area (TPSA) is 75.0 Å². The van der Waals surface area contributed by atoms with E-state index in [1.165, 1.54) is 6.07 Å². The third-order valence-electron chi connectivity index (χ3n) is 4.08. The van der Waals surface area contributed by atoms with Gasteiger partial charge in [-0.2, -0.15) is 0 Å². The molecule has 0 saturated carbocycles. The minimum absolute atomic E-state index is 0.215. The molecule has 1 heterocycles. The van der Waals surface area contributed by atoms with Gasteiger partial charge in [0.05, 0.1) is 13.2 Å². The summed E-state index contributed by atoms with van der Waals surface area (Å²) in [5, 5.41) is 0.808. The Bertz CT molecular complexity index is 1000. The summed E-state index contributed by atoms with van der Waals surface area (Å²) >= 11 is 0. The fraction of sp³-hybridized carbons (Fsp3) is 0.273. The Hall–Kier alpha value is -3.28. The molecular formula is C22H22O6. The van der Waals surface area contributed by atoms with Crippen LogP contribution in [-0.4, -0.2) is 19.2 Å². The maximum atomic E-state index is 12.0. The first-order valence-electron chi connectivity index (χ1n) is 9.16. The van der Waals surface area contributed by atoms with Crippen LogP contribution in [0, 0.1) is 6.92 Å². The maximum Gasteiger partial charge on any atom is 0.336 e. The summed E-state index contributed by atoms with van der Waals surface area (Å²) in [6, 6.07) is 13.8. The van der Waals surface area contributed by atoms with Gasteiger partial charge in [0.2, 0.25) is 0 Å². The molecule has 146 valence electrons. The highest BCUT2D eigenvalue weighted by Gasteiger charge is 2.08. The van der Waals surface area contributed by atoms with Crippen molar-refractivity contribution in [3.63, 3.8) is 0 Å². The number of aryl methyl sites for hydroxylation is 1. The van der Waals surface area contributed by atoms with E-state index in [1.54, 1.807) is 18.2 Å². The molecule has 0 atom stereocenters. The summed E-state index contributed by atoms with van der Waals surface area (Å²) < 4.78 is 21.5. The molecule has 0 unspecified atom stereocenters. The van der Waals surface area contributed by atoms with Crippen LogP contribution in [-0.2, 0) is 4.79 Å². The number of esters is 1. The van der Waals surface area contributed by atoms with E-state index in [2.05, 4.69) is 0 Å². The van der Waals surface area contributed by atoms with E-state index in [9.17, 15) is 9.59 Å². The Morgan fingerprint density at radius 3 is 2.36 bits per heavy atom. The van der Waals surface area contributed by atoms with Gasteiger partial charge in [-0.05, 0) is 62.2 Å². The van der Waals surface area contributed by atoms with Crippen molar-refractivity contribution in [2.75, 3.05) is 13.2 Å². The van der Waals surface area contributed by atoms with Crippen LogP contribution in [0.2, 0.25) is 0 Å². The number of hydrogen-bond acceptors (Lipinski definition) is 6. The molecule has 1 aromatic heterocycles. The first kappa shape index (κ1) is 19.5. The van der Waals surface area contributed by atoms with Gasteiger partial charge in [0.15, 0.2) is 0 Å². The molecule has 0 N–H and O–H groups in total. The van der Waals surface area contributed by atoms with Gasteiger partial charge in [-0.1, -0.05) is 0 Å². The standard InChI is InChI=1S/C22H22O6/c1-3-25-16-6-8-17(9-7-16)26-12-4-5-21(23)27-18-10-11-19-15(2)13-22(24)28-20(19)14-18/h6-11,13-14H,3-5,12H2,1-2H3. The van der Waals surface area contributed by atoms with Crippen LogP contribution >= 0.6 is 0 Å². The lowest BCUT2D eigenvalue weighted by Gasteiger charge is -2.08. The molecule has 6 nitrogen and oxygen atoms in total. The Labute approximate surface area is 162 Å². The van der Waals surface area contributed by atoms with Gasteiger partial charge in [-0.3, -0.25) is 4.79 Å². The number of hydrogen-bond donors (Lipinski definition) is 0. The van der Waals surface area contributed by atoms with Crippen molar-refractivity contribution in [2.45, 2.75) is 26.7 Å². The van der Waals surface area contributed by atoms with Crippen LogP contribution in [0.3, 0.4) is 0 Å². The first-order valence-corrected chi connectivity index (χ1v) is 9.16. The number of carbonyl (C=O) groups excluding carboxylic acids is 1. The minimum Gasteiger partial charge on any atom is -0.494 e. The third-order valence-corrected chi connectivity index (χ3v) is 4.08. The fourth-order valence-corrected chi connectivity index (χ4v) is 2.76. The van der Waals surface area contributed by atoms with Crippen molar-refractivity contribution < 1.29 is 23.4 Å². The summed E-state index contributed by atoms with van der Waals surface area (Å²) in [6.45, 7) is 4.77. The lowest BCUT2D eigenvalue weighted by molar-refractivity contribution is -0.134. The molecule has 0 spiro atoms. The molecule has 0 bridgehead atoms. The molecule has 0 saturated heterocycles. The smallest absolute Gasteiger partial charge is 0.336 e. The quantitative estimate of drug-likeness (QED) is 0.251. The molecule has 2 aromatic carbocycles. The molecule has 28 heavy (non-hydrogen) atoms. The summed E-state index contributed by atoms with van der Waals surface area (Å²) in [5.74, 6) is 1.49. The second-order valence-corrected chi connectivity index (χ2v) is 6.24. The highest BCUT2D eigenvalue weighted by atomic mass is 16.5. The summed E-state index contributed by atoms with van der Waals surface area (Å²) in [4.78, 5) is 23.5. The van der Waals surface area contributed by atoms with Gasteiger partial charge >= 0.3 is 11.6 Å². The van der Waals surface area contributed by atoms with Gasteiger partial charge in [0.1, 0.15) is 22.8 Å². The van der Waals surface area contributed by atoms with E-state index >= 15 is 0 Å². The van der Waals surface area contributed by atoms with Crippen LogP contribution in [0.15, 0.2) is 57.7 Å². The highest BCUT2D eigenvalue weighted by Crippen LogP contribution is 2.22. The van der Waals surface area contributed by atoms with Crippen LogP contribution < -0.4 is 19.8 Å². The zero-order valence-electron chi connectivity index (χ0n) is 15.9. The van der Waals surface area contributed by atoms with Crippen molar-refractivity contribution in [3.05, 3.63) is 64.5 Å². The number of ether oxygens (including phenoxy) is 3. The van der Waals surface area contributed by atoms with Gasteiger partial charge in [0.25, 0.3) is 0 Å². The van der Waals surface area contributed by atoms with Crippen LogP contribution in [0.1, 0.15) is 25.3 Å². The number of benzene rings is 2. The monoisotopic (exact) mass is 382 g/mol. The summed E-state index contributed by atoms with van der Waals surface area (Å²) in [7, 11) is 0. The average molecular weight is 382 g/mol. The van der Waals surface area contributed by atoms with Gasteiger partial charge < -0.3 is 18.6 Å². The molecule has 3 aromatic rings. The largest absolute Gasteiger partial charge is 0.494 e. The van der Waals surface area contributed by atoms with Gasteiger partial charge in [-0.15, -0.1) is 0 Å². The first-order chi connectivity index (χ1) is 13.5. The Morgan fingerprint density at radius 1 is 0.964 bits per heavy atom. The van der Waals surface area contributed by atoms with Crippen LogP contribution in [0.4, 0.5) is 0 Å². The van der Waals surface area contributed by atoms with Crippen LogP contribution in [0.5, 0.6) is 17.2 Å². The molecule has 0 aliphatic heterocycles. The lowest BCUT2D eigenvalue weighted by Crippen LogP contribution is -2.10. The molecule has 0 aliphatic carbocycles. The second-order valence-electron chi connectivity index (χ2n) is 6.24. The Morgan fingerprint density at radius 2 is 1.64 bits per heavy atom. The minimum atomic E-state index is -0.431. The van der Waals surface area contributed by atoms with Crippen LogP contribution in [0.25, 0.3) is 11.0 Å². The second kappa shape index (κ2) is 9.08. The molecule has 0 aliphatic rings. The van der Waals surface area contributed by atoms with Crippen molar-refractivity contribution in [1.82, 2.24) is 0 Å². The molecule has 0 fully saturated rings. The molecule has 0 radical (unpaired) electrons. The molecule has 0 amide bonds. The van der Waals surface area contributed by atoms with Crippen molar-refractivity contribution in [2.24, 2.45) is 0 Å². The van der Waals surface area contributed by atoms with E-state index in [0.29, 0.717) is 31.0 Å². The number of rotatable bonds is 8. The number of carbonyl (C=O) groups is 1.